The van der Waals surface area contributed by atoms with Crippen molar-refractivity contribution in [2.75, 3.05) is 0 Å². The summed E-state index contributed by atoms with van der Waals surface area (Å²) in [7, 11) is 0. The fraction of sp³-hybridized carbons (Fsp3) is 0.273. The Morgan fingerprint density at radius 2 is 2.00 bits per heavy atom. The van der Waals surface area contributed by atoms with Gasteiger partial charge in [-0.2, -0.15) is 5.26 Å². The molecule has 0 radical (unpaired) electrons. The largest absolute Gasteiger partial charge is 0.493 e. The predicted molar refractivity (Wildman–Crippen MR) is 117 cm³/mol. The molecule has 0 aliphatic heterocycles. The average Bonchev–Trinajstić information content (AvgIpc) is 3.07. The highest BCUT2D eigenvalue weighted by atomic mass is 32.1. The van der Waals surface area contributed by atoms with Crippen LogP contribution in [0, 0.1) is 25.2 Å². The second-order valence-electron chi connectivity index (χ2n) is 7.36. The first kappa shape index (κ1) is 19.9. The minimum atomic E-state index is -0.735. The third kappa shape index (κ3) is 3.37. The van der Waals surface area contributed by atoms with Gasteiger partial charge in [0.25, 0.3) is 5.56 Å². The van der Waals surface area contributed by atoms with E-state index < -0.39 is 17.1 Å². The van der Waals surface area contributed by atoms with Crippen molar-refractivity contribution in [1.29, 1.82) is 5.26 Å². The van der Waals surface area contributed by atoms with Crippen molar-refractivity contribution in [3.05, 3.63) is 71.7 Å². The van der Waals surface area contributed by atoms with Crippen LogP contribution in [0.15, 0.2) is 32.8 Å². The van der Waals surface area contributed by atoms with Crippen molar-refractivity contribution in [2.24, 2.45) is 4.99 Å². The van der Waals surface area contributed by atoms with E-state index in [1.807, 2.05) is 19.9 Å². The molecule has 152 valence electrons. The molecule has 1 aliphatic rings. The zero-order valence-electron chi connectivity index (χ0n) is 16.7. The van der Waals surface area contributed by atoms with Crippen LogP contribution >= 0.6 is 11.3 Å². The van der Waals surface area contributed by atoms with Crippen LogP contribution in [0.2, 0.25) is 0 Å². The second-order valence-corrected chi connectivity index (χ2v) is 8.45. The van der Waals surface area contributed by atoms with Crippen LogP contribution in [0.5, 0.6) is 5.88 Å². The molecule has 0 unspecified atom stereocenters. The number of benzene rings is 1. The summed E-state index contributed by atoms with van der Waals surface area (Å²) >= 11 is 1.44. The number of nitrogens with zero attached hydrogens (tertiary/aromatic N) is 3. The molecule has 2 heterocycles. The Morgan fingerprint density at radius 3 is 2.73 bits per heavy atom. The Balaban J connectivity index is 1.82. The van der Waals surface area contributed by atoms with Crippen molar-refractivity contribution in [3.8, 4) is 17.6 Å². The van der Waals surface area contributed by atoms with E-state index in [0.717, 1.165) is 51.8 Å². The molecule has 0 saturated heterocycles. The van der Waals surface area contributed by atoms with Crippen molar-refractivity contribution >= 4 is 22.6 Å². The minimum Gasteiger partial charge on any atom is -0.493 e. The SMILES string of the molecule is Cc1ccc(-n2c(O)c(/C=N/c3sc4c(c3C#N)CCCC4)c(=O)[nH]c2=O)cc1C. The van der Waals surface area contributed by atoms with Gasteiger partial charge in [0.2, 0.25) is 5.88 Å². The van der Waals surface area contributed by atoms with Crippen LogP contribution in [0.3, 0.4) is 0 Å². The normalized spacial score (nSPS) is 13.4. The number of aromatic nitrogens is 2. The third-order valence-corrected chi connectivity index (χ3v) is 6.64. The van der Waals surface area contributed by atoms with E-state index in [2.05, 4.69) is 16.0 Å². The molecule has 1 aromatic carbocycles. The molecular formula is C22H20N4O3S. The number of rotatable bonds is 3. The number of nitriles is 1. The summed E-state index contributed by atoms with van der Waals surface area (Å²) in [6.07, 6.45) is 5.14. The van der Waals surface area contributed by atoms with E-state index in [0.29, 0.717) is 16.3 Å². The molecule has 30 heavy (non-hydrogen) atoms. The molecular weight excluding hydrogens is 400 g/mol. The molecule has 0 bridgehead atoms. The first-order valence-electron chi connectivity index (χ1n) is 9.65. The van der Waals surface area contributed by atoms with Gasteiger partial charge in [-0.1, -0.05) is 6.07 Å². The topological polar surface area (TPSA) is 111 Å². The number of aryl methyl sites for hydroxylation is 3. The van der Waals surface area contributed by atoms with Crippen molar-refractivity contribution < 1.29 is 5.11 Å². The third-order valence-electron chi connectivity index (χ3n) is 5.45. The number of thiophene rings is 1. The number of fused-ring (bicyclic) bond motifs is 1. The lowest BCUT2D eigenvalue weighted by Crippen LogP contribution is -2.31. The van der Waals surface area contributed by atoms with Crippen LogP contribution in [-0.4, -0.2) is 20.9 Å². The maximum Gasteiger partial charge on any atom is 0.335 e. The van der Waals surface area contributed by atoms with Crippen LogP contribution in [0.25, 0.3) is 5.69 Å². The highest BCUT2D eigenvalue weighted by molar-refractivity contribution is 7.16. The molecule has 1 aliphatic carbocycles. The molecule has 7 nitrogen and oxygen atoms in total. The first-order chi connectivity index (χ1) is 14.4. The summed E-state index contributed by atoms with van der Waals surface area (Å²) < 4.78 is 1.04. The lowest BCUT2D eigenvalue weighted by Gasteiger charge is -2.11. The van der Waals surface area contributed by atoms with Gasteiger partial charge in [-0.25, -0.2) is 14.4 Å². The Hall–Kier alpha value is -3.44. The van der Waals surface area contributed by atoms with Gasteiger partial charge in [0.15, 0.2) is 0 Å². The van der Waals surface area contributed by atoms with Gasteiger partial charge in [0.05, 0.1) is 11.3 Å². The van der Waals surface area contributed by atoms with E-state index in [-0.39, 0.29) is 5.56 Å². The summed E-state index contributed by atoms with van der Waals surface area (Å²) in [6.45, 7) is 3.84. The molecule has 2 N–H and O–H groups in total. The Labute approximate surface area is 176 Å². The number of aromatic hydroxyl groups is 1. The van der Waals surface area contributed by atoms with Gasteiger partial charge in [-0.05, 0) is 68.4 Å². The zero-order valence-corrected chi connectivity index (χ0v) is 17.5. The van der Waals surface area contributed by atoms with E-state index in [1.165, 1.54) is 17.6 Å². The number of hydrogen-bond acceptors (Lipinski definition) is 6. The molecule has 0 atom stereocenters. The summed E-state index contributed by atoms with van der Waals surface area (Å²) in [4.78, 5) is 32.5. The zero-order chi connectivity index (χ0) is 21.4. The lowest BCUT2D eigenvalue weighted by atomic mass is 9.96. The number of aromatic amines is 1. The first-order valence-corrected chi connectivity index (χ1v) is 10.5. The summed E-state index contributed by atoms with van der Waals surface area (Å²) in [5.74, 6) is -0.490. The fourth-order valence-corrected chi connectivity index (χ4v) is 4.82. The van der Waals surface area contributed by atoms with Gasteiger partial charge in [0.1, 0.15) is 16.6 Å². The van der Waals surface area contributed by atoms with Crippen LogP contribution in [0.1, 0.15) is 45.5 Å². The molecule has 0 fully saturated rings. The van der Waals surface area contributed by atoms with E-state index in [1.54, 1.807) is 12.1 Å². The van der Waals surface area contributed by atoms with Gasteiger partial charge < -0.3 is 5.11 Å². The number of aliphatic imine (C=N–C) groups is 1. The van der Waals surface area contributed by atoms with Crippen molar-refractivity contribution in [2.45, 2.75) is 39.5 Å². The quantitative estimate of drug-likeness (QED) is 0.633. The van der Waals surface area contributed by atoms with Gasteiger partial charge in [-0.15, -0.1) is 11.3 Å². The number of hydrogen-bond donors (Lipinski definition) is 2. The Kier molecular flexibility index (Phi) is 5.14. The van der Waals surface area contributed by atoms with E-state index in [9.17, 15) is 20.0 Å². The van der Waals surface area contributed by atoms with Crippen LogP contribution in [-0.2, 0) is 12.8 Å². The number of H-pyrrole nitrogens is 1. The minimum absolute atomic E-state index is 0.136. The fourth-order valence-electron chi connectivity index (χ4n) is 3.64. The predicted octanol–water partition coefficient (Wildman–Crippen LogP) is 3.41. The molecule has 2 aromatic heterocycles. The van der Waals surface area contributed by atoms with Crippen LogP contribution < -0.4 is 11.2 Å². The van der Waals surface area contributed by atoms with Crippen molar-refractivity contribution in [3.63, 3.8) is 0 Å². The van der Waals surface area contributed by atoms with Crippen molar-refractivity contribution in [1.82, 2.24) is 9.55 Å². The standard InChI is InChI=1S/C22H20N4O3S/c1-12-7-8-14(9-13(12)2)26-21(28)17(19(27)25-22(26)29)11-24-20-16(10-23)15-5-3-4-6-18(15)30-20/h7-9,11,28H,3-6H2,1-2H3,(H,25,27,29)/b24-11+. The second kappa shape index (κ2) is 7.76. The highest BCUT2D eigenvalue weighted by Crippen LogP contribution is 2.39. The monoisotopic (exact) mass is 420 g/mol. The van der Waals surface area contributed by atoms with Gasteiger partial charge in [-0.3, -0.25) is 9.78 Å². The maximum absolute atomic E-state index is 12.4. The molecule has 3 aromatic rings. The number of nitrogens with one attached hydrogen (secondary N) is 1. The smallest absolute Gasteiger partial charge is 0.335 e. The Morgan fingerprint density at radius 1 is 1.23 bits per heavy atom. The lowest BCUT2D eigenvalue weighted by molar-refractivity contribution is 0.430. The molecule has 8 heteroatoms. The highest BCUT2D eigenvalue weighted by Gasteiger charge is 2.21. The van der Waals surface area contributed by atoms with Crippen LogP contribution in [0.4, 0.5) is 5.00 Å². The maximum atomic E-state index is 12.4. The average molecular weight is 420 g/mol. The van der Waals surface area contributed by atoms with E-state index >= 15 is 0 Å². The molecule has 4 rings (SSSR count). The molecule has 0 saturated carbocycles. The molecule has 0 spiro atoms. The summed E-state index contributed by atoms with van der Waals surface area (Å²) in [5, 5.41) is 20.8. The summed E-state index contributed by atoms with van der Waals surface area (Å²) in [6, 6.07) is 7.52. The van der Waals surface area contributed by atoms with Gasteiger partial charge >= 0.3 is 5.69 Å². The summed E-state index contributed by atoms with van der Waals surface area (Å²) in [5.41, 5.74) is 2.40. The van der Waals surface area contributed by atoms with Gasteiger partial charge in [0, 0.05) is 11.1 Å². The Bertz CT molecular complexity index is 1340. The van der Waals surface area contributed by atoms with E-state index in [4.69, 9.17) is 0 Å². The molecule has 0 amide bonds.